The first-order valence-corrected chi connectivity index (χ1v) is 11.9. The summed E-state index contributed by atoms with van der Waals surface area (Å²) in [5.41, 5.74) is 10.3. The Kier molecular flexibility index (Phi) is 7.07. The molecular formula is C24H33N5OS. The molecule has 4 rings (SSSR count). The lowest BCUT2D eigenvalue weighted by atomic mass is 9.99. The highest BCUT2D eigenvalue weighted by Crippen LogP contribution is 2.35. The molecule has 1 aliphatic rings. The molecule has 1 saturated heterocycles. The van der Waals surface area contributed by atoms with Gasteiger partial charge in [0.15, 0.2) is 0 Å². The van der Waals surface area contributed by atoms with Crippen LogP contribution in [0.25, 0.3) is 10.2 Å². The number of anilines is 2. The molecule has 0 saturated carbocycles. The van der Waals surface area contributed by atoms with E-state index in [2.05, 4.69) is 51.8 Å². The summed E-state index contributed by atoms with van der Waals surface area (Å²) < 4.78 is 0. The lowest BCUT2D eigenvalue weighted by Gasteiger charge is -2.29. The third kappa shape index (κ3) is 5.36. The Morgan fingerprint density at radius 3 is 2.84 bits per heavy atom. The van der Waals surface area contributed by atoms with Crippen molar-refractivity contribution in [2.45, 2.75) is 32.4 Å². The molecule has 5 N–H and O–H groups in total. The van der Waals surface area contributed by atoms with Gasteiger partial charge >= 0.3 is 0 Å². The van der Waals surface area contributed by atoms with Crippen molar-refractivity contribution in [3.63, 3.8) is 0 Å². The molecule has 2 atom stereocenters. The summed E-state index contributed by atoms with van der Waals surface area (Å²) in [5, 5.41) is 18.2. The Morgan fingerprint density at radius 2 is 2.10 bits per heavy atom. The Balaban J connectivity index is 1.29. The molecule has 3 heterocycles. The SMILES string of the molecule is Cc1ccc2c(N)c(C(O)NCCc3ccc(N(C)CC4CCCNC4)cc3)sc2n1. The normalized spacial score (nSPS) is 17.7. The zero-order chi connectivity index (χ0) is 21.8. The molecule has 1 aliphatic heterocycles. The van der Waals surface area contributed by atoms with Crippen molar-refractivity contribution in [1.29, 1.82) is 0 Å². The zero-order valence-electron chi connectivity index (χ0n) is 18.4. The molecule has 0 radical (unpaired) electrons. The number of hydrogen-bond acceptors (Lipinski definition) is 7. The van der Waals surface area contributed by atoms with Gasteiger partial charge in [0.1, 0.15) is 11.1 Å². The smallest absolute Gasteiger partial charge is 0.142 e. The van der Waals surface area contributed by atoms with Crippen molar-refractivity contribution in [2.75, 3.05) is 43.9 Å². The Bertz CT molecular complexity index is 997. The molecule has 1 aromatic carbocycles. The molecule has 7 heteroatoms. The predicted octanol–water partition coefficient (Wildman–Crippen LogP) is 3.45. The molecule has 2 aromatic heterocycles. The third-order valence-electron chi connectivity index (χ3n) is 6.07. The molecular weight excluding hydrogens is 406 g/mol. The lowest BCUT2D eigenvalue weighted by Crippen LogP contribution is -2.36. The fourth-order valence-electron chi connectivity index (χ4n) is 4.25. The second-order valence-electron chi connectivity index (χ2n) is 8.55. The fourth-order valence-corrected chi connectivity index (χ4v) is 5.35. The van der Waals surface area contributed by atoms with Crippen LogP contribution in [-0.2, 0) is 6.42 Å². The van der Waals surface area contributed by atoms with Gasteiger partial charge in [0.05, 0.1) is 10.6 Å². The van der Waals surface area contributed by atoms with Gasteiger partial charge in [-0.1, -0.05) is 12.1 Å². The number of fused-ring (bicyclic) bond motifs is 1. The number of rotatable bonds is 8. The number of aliphatic hydroxyl groups is 1. The van der Waals surface area contributed by atoms with Gasteiger partial charge in [-0.3, -0.25) is 5.32 Å². The Morgan fingerprint density at radius 1 is 1.29 bits per heavy atom. The number of benzene rings is 1. The second-order valence-corrected chi connectivity index (χ2v) is 9.58. The van der Waals surface area contributed by atoms with E-state index < -0.39 is 6.23 Å². The summed E-state index contributed by atoms with van der Waals surface area (Å²) in [6.07, 6.45) is 2.65. The zero-order valence-corrected chi connectivity index (χ0v) is 19.2. The molecule has 3 aromatic rings. The number of hydrogen-bond donors (Lipinski definition) is 4. The number of pyridine rings is 1. The molecule has 6 nitrogen and oxygen atoms in total. The first-order valence-electron chi connectivity index (χ1n) is 11.1. The van der Waals surface area contributed by atoms with Crippen LogP contribution >= 0.6 is 11.3 Å². The predicted molar refractivity (Wildman–Crippen MR) is 131 cm³/mol. The summed E-state index contributed by atoms with van der Waals surface area (Å²) in [5.74, 6) is 0.726. The number of nitrogens with two attached hydrogens (primary N) is 1. The molecule has 2 unspecified atom stereocenters. The summed E-state index contributed by atoms with van der Waals surface area (Å²) >= 11 is 1.45. The van der Waals surface area contributed by atoms with Crippen LogP contribution in [0.1, 0.15) is 35.2 Å². The molecule has 1 fully saturated rings. The highest BCUT2D eigenvalue weighted by Gasteiger charge is 2.18. The fraction of sp³-hybridized carbons (Fsp3) is 0.458. The average molecular weight is 440 g/mol. The maximum Gasteiger partial charge on any atom is 0.142 e. The molecule has 0 aliphatic carbocycles. The third-order valence-corrected chi connectivity index (χ3v) is 7.24. The van der Waals surface area contributed by atoms with Gasteiger partial charge < -0.3 is 21.1 Å². The van der Waals surface area contributed by atoms with Crippen molar-refractivity contribution >= 4 is 32.9 Å². The number of aromatic nitrogens is 1. The van der Waals surface area contributed by atoms with E-state index in [4.69, 9.17) is 5.73 Å². The number of aryl methyl sites for hydroxylation is 1. The number of piperidine rings is 1. The Hall–Kier alpha value is -2.19. The first kappa shape index (κ1) is 22.0. The van der Waals surface area contributed by atoms with Crippen LogP contribution in [0.15, 0.2) is 36.4 Å². The highest BCUT2D eigenvalue weighted by molar-refractivity contribution is 7.19. The van der Waals surface area contributed by atoms with Crippen LogP contribution in [0.2, 0.25) is 0 Å². The monoisotopic (exact) mass is 439 g/mol. The number of nitrogen functional groups attached to an aromatic ring is 1. The van der Waals surface area contributed by atoms with Crippen LogP contribution in [0, 0.1) is 12.8 Å². The van der Waals surface area contributed by atoms with Gasteiger partial charge in [0, 0.05) is 36.9 Å². The van der Waals surface area contributed by atoms with Crippen molar-refractivity contribution in [1.82, 2.24) is 15.6 Å². The van der Waals surface area contributed by atoms with E-state index in [9.17, 15) is 5.11 Å². The minimum absolute atomic E-state index is 0.619. The number of nitrogens with zero attached hydrogens (tertiary/aromatic N) is 2. The highest BCUT2D eigenvalue weighted by atomic mass is 32.1. The molecule has 0 amide bonds. The van der Waals surface area contributed by atoms with E-state index in [1.807, 2.05) is 19.1 Å². The molecule has 31 heavy (non-hydrogen) atoms. The first-order chi connectivity index (χ1) is 15.0. The van der Waals surface area contributed by atoms with Gasteiger partial charge in [-0.2, -0.15) is 0 Å². The average Bonchev–Trinajstić information content (AvgIpc) is 3.10. The summed E-state index contributed by atoms with van der Waals surface area (Å²) in [6.45, 7) is 6.00. The van der Waals surface area contributed by atoms with E-state index in [-0.39, 0.29) is 0 Å². The van der Waals surface area contributed by atoms with Crippen molar-refractivity contribution in [2.24, 2.45) is 5.92 Å². The topological polar surface area (TPSA) is 86.4 Å². The minimum atomic E-state index is -0.783. The van der Waals surface area contributed by atoms with Crippen LogP contribution in [0.5, 0.6) is 0 Å². The second kappa shape index (κ2) is 9.96. The summed E-state index contributed by atoms with van der Waals surface area (Å²) in [4.78, 5) is 8.48. The van der Waals surface area contributed by atoms with Crippen LogP contribution in [0.4, 0.5) is 11.4 Å². The van der Waals surface area contributed by atoms with E-state index in [1.165, 1.54) is 35.4 Å². The van der Waals surface area contributed by atoms with E-state index >= 15 is 0 Å². The van der Waals surface area contributed by atoms with E-state index in [0.717, 1.165) is 52.8 Å². The van der Waals surface area contributed by atoms with Crippen LogP contribution in [0.3, 0.4) is 0 Å². The Labute approximate surface area is 188 Å². The number of aliphatic hydroxyl groups excluding tert-OH is 1. The maximum atomic E-state index is 10.6. The molecule has 0 spiro atoms. The quantitative estimate of drug-likeness (QED) is 0.402. The standard InChI is InChI=1S/C24H33N5OS/c1-16-5-10-20-21(25)22(31-24(20)28-16)23(30)27-13-11-17-6-8-19(9-7-17)29(2)15-18-4-3-12-26-14-18/h5-10,18,23,26-27,30H,3-4,11-15,25H2,1-2H3. The van der Waals surface area contributed by atoms with Crippen LogP contribution < -0.4 is 21.3 Å². The number of nitrogens with one attached hydrogen (secondary N) is 2. The van der Waals surface area contributed by atoms with E-state index in [1.54, 1.807) is 0 Å². The van der Waals surface area contributed by atoms with E-state index in [0.29, 0.717) is 12.2 Å². The molecule has 0 bridgehead atoms. The molecule has 166 valence electrons. The van der Waals surface area contributed by atoms with Gasteiger partial charge in [0.2, 0.25) is 0 Å². The van der Waals surface area contributed by atoms with Crippen LogP contribution in [-0.4, -0.2) is 43.3 Å². The van der Waals surface area contributed by atoms with Crippen molar-refractivity contribution in [3.05, 3.63) is 52.5 Å². The lowest BCUT2D eigenvalue weighted by molar-refractivity contribution is 0.144. The van der Waals surface area contributed by atoms with Gasteiger partial charge in [0.25, 0.3) is 0 Å². The van der Waals surface area contributed by atoms with Crippen molar-refractivity contribution in [3.8, 4) is 0 Å². The van der Waals surface area contributed by atoms with Gasteiger partial charge in [-0.25, -0.2) is 4.98 Å². The maximum absolute atomic E-state index is 10.6. The van der Waals surface area contributed by atoms with Gasteiger partial charge in [-0.15, -0.1) is 11.3 Å². The van der Waals surface area contributed by atoms with Gasteiger partial charge in [-0.05, 0) is 75.0 Å². The summed E-state index contributed by atoms with van der Waals surface area (Å²) in [7, 11) is 2.17. The minimum Gasteiger partial charge on any atom is -0.397 e. The summed E-state index contributed by atoms with van der Waals surface area (Å²) in [6, 6.07) is 12.7. The largest absolute Gasteiger partial charge is 0.397 e. The van der Waals surface area contributed by atoms with Crippen molar-refractivity contribution < 1.29 is 5.11 Å². The number of thiophene rings is 1.